The van der Waals surface area contributed by atoms with Crippen LogP contribution in [0.25, 0.3) is 0 Å². The molecule has 0 unspecified atom stereocenters. The summed E-state index contributed by atoms with van der Waals surface area (Å²) in [5, 5.41) is 9.36. The molecular weight excluding hydrogens is 232 g/mol. The summed E-state index contributed by atoms with van der Waals surface area (Å²) in [4.78, 5) is 13.6. The molecule has 0 aromatic heterocycles. The number of aliphatic hydroxyl groups is 1. The van der Waals surface area contributed by atoms with Crippen LogP contribution in [0.2, 0.25) is 0 Å². The van der Waals surface area contributed by atoms with Gasteiger partial charge < -0.3 is 20.5 Å². The smallest absolute Gasteiger partial charge is 0.260 e. The maximum atomic E-state index is 11.8. The van der Waals surface area contributed by atoms with Gasteiger partial charge in [0, 0.05) is 18.8 Å². The topological polar surface area (TPSA) is 75.8 Å². The van der Waals surface area contributed by atoms with Gasteiger partial charge in [-0.1, -0.05) is 0 Å². The van der Waals surface area contributed by atoms with Crippen LogP contribution in [-0.4, -0.2) is 41.7 Å². The minimum Gasteiger partial charge on any atom is -0.484 e. The lowest BCUT2D eigenvalue weighted by molar-refractivity contribution is -0.135. The van der Waals surface area contributed by atoms with Crippen molar-refractivity contribution in [1.29, 1.82) is 0 Å². The standard InChI is InChI=1S/C13H18N2O3/c14-10-1-3-12(4-2-10)18-9-13(17)15-7-5-11(16)6-8-15/h1-4,11,16H,5-9,14H2. The number of aliphatic hydroxyl groups excluding tert-OH is 1. The number of hydrogen-bond donors (Lipinski definition) is 2. The van der Waals surface area contributed by atoms with Crippen LogP contribution in [0.4, 0.5) is 5.69 Å². The van der Waals surface area contributed by atoms with E-state index in [-0.39, 0.29) is 18.6 Å². The number of amides is 1. The highest BCUT2D eigenvalue weighted by Gasteiger charge is 2.21. The molecule has 0 radical (unpaired) electrons. The Morgan fingerprint density at radius 1 is 1.33 bits per heavy atom. The summed E-state index contributed by atoms with van der Waals surface area (Å²) in [6.45, 7) is 1.23. The molecular formula is C13H18N2O3. The van der Waals surface area contributed by atoms with Crippen molar-refractivity contribution in [3.8, 4) is 5.75 Å². The Hall–Kier alpha value is -1.75. The fourth-order valence-electron chi connectivity index (χ4n) is 1.92. The number of hydrogen-bond acceptors (Lipinski definition) is 4. The maximum Gasteiger partial charge on any atom is 0.260 e. The van der Waals surface area contributed by atoms with Crippen molar-refractivity contribution in [2.45, 2.75) is 18.9 Å². The lowest BCUT2D eigenvalue weighted by Gasteiger charge is -2.29. The number of ether oxygens (including phenoxy) is 1. The summed E-state index contributed by atoms with van der Waals surface area (Å²) in [7, 11) is 0. The SMILES string of the molecule is Nc1ccc(OCC(=O)N2CCC(O)CC2)cc1. The highest BCUT2D eigenvalue weighted by molar-refractivity contribution is 5.77. The number of nitrogen functional groups attached to an aromatic ring is 1. The maximum absolute atomic E-state index is 11.8. The molecule has 1 aliphatic rings. The van der Waals surface area contributed by atoms with Crippen LogP contribution in [0.5, 0.6) is 5.75 Å². The van der Waals surface area contributed by atoms with Crippen molar-refractivity contribution >= 4 is 11.6 Å². The number of carbonyl (C=O) groups excluding carboxylic acids is 1. The van der Waals surface area contributed by atoms with Crippen LogP contribution >= 0.6 is 0 Å². The molecule has 1 aromatic carbocycles. The second kappa shape index (κ2) is 5.73. The van der Waals surface area contributed by atoms with E-state index in [1.807, 2.05) is 0 Å². The molecule has 1 amide bonds. The summed E-state index contributed by atoms with van der Waals surface area (Å²) in [6.07, 6.45) is 1.02. The lowest BCUT2D eigenvalue weighted by Crippen LogP contribution is -2.42. The molecule has 0 aliphatic carbocycles. The third-order valence-electron chi connectivity index (χ3n) is 3.06. The summed E-state index contributed by atoms with van der Waals surface area (Å²) < 4.78 is 5.39. The number of carbonyl (C=O) groups is 1. The Morgan fingerprint density at radius 2 is 1.94 bits per heavy atom. The molecule has 0 bridgehead atoms. The van der Waals surface area contributed by atoms with E-state index in [9.17, 15) is 9.90 Å². The summed E-state index contributed by atoms with van der Waals surface area (Å²) in [6, 6.07) is 6.94. The monoisotopic (exact) mass is 250 g/mol. The molecule has 1 aromatic rings. The van der Waals surface area contributed by atoms with E-state index in [1.54, 1.807) is 29.2 Å². The zero-order valence-corrected chi connectivity index (χ0v) is 10.2. The minimum absolute atomic E-state index is 0.0278. The van der Waals surface area contributed by atoms with Crippen LogP contribution in [0.3, 0.4) is 0 Å². The molecule has 1 saturated heterocycles. The van der Waals surface area contributed by atoms with Gasteiger partial charge in [-0.3, -0.25) is 4.79 Å². The van der Waals surface area contributed by atoms with Crippen LogP contribution in [0.15, 0.2) is 24.3 Å². The zero-order valence-electron chi connectivity index (χ0n) is 10.2. The lowest BCUT2D eigenvalue weighted by atomic mass is 10.1. The van der Waals surface area contributed by atoms with Crippen LogP contribution in [-0.2, 0) is 4.79 Å². The molecule has 98 valence electrons. The van der Waals surface area contributed by atoms with E-state index in [0.717, 1.165) is 0 Å². The third-order valence-corrected chi connectivity index (χ3v) is 3.06. The molecule has 5 heteroatoms. The molecule has 0 atom stereocenters. The van der Waals surface area contributed by atoms with E-state index in [4.69, 9.17) is 10.5 Å². The number of likely N-dealkylation sites (tertiary alicyclic amines) is 1. The fraction of sp³-hybridized carbons (Fsp3) is 0.462. The molecule has 5 nitrogen and oxygen atoms in total. The highest BCUT2D eigenvalue weighted by Crippen LogP contribution is 2.14. The van der Waals surface area contributed by atoms with Crippen molar-refractivity contribution in [3.63, 3.8) is 0 Å². The average Bonchev–Trinajstić information content (AvgIpc) is 2.38. The second-order valence-corrected chi connectivity index (χ2v) is 4.47. The average molecular weight is 250 g/mol. The number of anilines is 1. The van der Waals surface area contributed by atoms with Gasteiger partial charge in [0.1, 0.15) is 5.75 Å². The molecule has 18 heavy (non-hydrogen) atoms. The Kier molecular flexibility index (Phi) is 4.04. The van der Waals surface area contributed by atoms with E-state index < -0.39 is 0 Å². The van der Waals surface area contributed by atoms with Gasteiger partial charge in [0.2, 0.25) is 0 Å². The molecule has 1 fully saturated rings. The largest absolute Gasteiger partial charge is 0.484 e. The summed E-state index contributed by atoms with van der Waals surface area (Å²) in [5.74, 6) is 0.591. The number of rotatable bonds is 3. The van der Waals surface area contributed by atoms with Gasteiger partial charge in [0.05, 0.1) is 6.10 Å². The second-order valence-electron chi connectivity index (χ2n) is 4.47. The van der Waals surface area contributed by atoms with Gasteiger partial charge in [-0.05, 0) is 37.1 Å². The molecule has 3 N–H and O–H groups in total. The predicted molar refractivity (Wildman–Crippen MR) is 68.2 cm³/mol. The van der Waals surface area contributed by atoms with Crippen molar-refractivity contribution in [3.05, 3.63) is 24.3 Å². The van der Waals surface area contributed by atoms with E-state index in [1.165, 1.54) is 0 Å². The van der Waals surface area contributed by atoms with E-state index in [2.05, 4.69) is 0 Å². The van der Waals surface area contributed by atoms with Gasteiger partial charge in [0.15, 0.2) is 6.61 Å². The minimum atomic E-state index is -0.271. The van der Waals surface area contributed by atoms with Crippen molar-refractivity contribution in [1.82, 2.24) is 4.90 Å². The number of nitrogens with zero attached hydrogens (tertiary/aromatic N) is 1. The summed E-state index contributed by atoms with van der Waals surface area (Å²) in [5.41, 5.74) is 6.22. The normalized spacial score (nSPS) is 16.6. The molecule has 2 rings (SSSR count). The number of nitrogens with two attached hydrogens (primary N) is 1. The number of piperidine rings is 1. The molecule has 0 saturated carbocycles. The Bertz CT molecular complexity index is 397. The first kappa shape index (κ1) is 12.7. The molecule has 1 aliphatic heterocycles. The zero-order chi connectivity index (χ0) is 13.0. The van der Waals surface area contributed by atoms with Gasteiger partial charge in [0.25, 0.3) is 5.91 Å². The number of benzene rings is 1. The quantitative estimate of drug-likeness (QED) is 0.772. The van der Waals surface area contributed by atoms with Gasteiger partial charge in [-0.25, -0.2) is 0 Å². The van der Waals surface area contributed by atoms with Crippen LogP contribution in [0, 0.1) is 0 Å². The van der Waals surface area contributed by atoms with Crippen LogP contribution < -0.4 is 10.5 Å². The van der Waals surface area contributed by atoms with E-state index in [0.29, 0.717) is 37.4 Å². The highest BCUT2D eigenvalue weighted by atomic mass is 16.5. The Balaban J connectivity index is 1.79. The molecule has 1 heterocycles. The first-order valence-corrected chi connectivity index (χ1v) is 6.09. The van der Waals surface area contributed by atoms with Crippen LogP contribution in [0.1, 0.15) is 12.8 Å². The summed E-state index contributed by atoms with van der Waals surface area (Å²) >= 11 is 0. The van der Waals surface area contributed by atoms with Gasteiger partial charge in [-0.15, -0.1) is 0 Å². The fourth-order valence-corrected chi connectivity index (χ4v) is 1.92. The van der Waals surface area contributed by atoms with Gasteiger partial charge >= 0.3 is 0 Å². The van der Waals surface area contributed by atoms with Crippen molar-refractivity contribution in [2.24, 2.45) is 0 Å². The Labute approximate surface area is 106 Å². The third kappa shape index (κ3) is 3.37. The molecule has 0 spiro atoms. The Morgan fingerprint density at radius 3 is 2.56 bits per heavy atom. The predicted octanol–water partition coefficient (Wildman–Crippen LogP) is 0.631. The van der Waals surface area contributed by atoms with Crippen molar-refractivity contribution < 1.29 is 14.6 Å². The first-order chi connectivity index (χ1) is 8.65. The van der Waals surface area contributed by atoms with Crippen molar-refractivity contribution in [2.75, 3.05) is 25.4 Å². The first-order valence-electron chi connectivity index (χ1n) is 6.09. The van der Waals surface area contributed by atoms with E-state index >= 15 is 0 Å². The van der Waals surface area contributed by atoms with Gasteiger partial charge in [-0.2, -0.15) is 0 Å².